The lowest BCUT2D eigenvalue weighted by atomic mass is 9.98. The van der Waals surface area contributed by atoms with Gasteiger partial charge in [0.15, 0.2) is 11.5 Å². The summed E-state index contributed by atoms with van der Waals surface area (Å²) in [7, 11) is 0. The molecule has 0 amide bonds. The predicted octanol–water partition coefficient (Wildman–Crippen LogP) is 2.90. The summed E-state index contributed by atoms with van der Waals surface area (Å²) in [6, 6.07) is 6.12. The van der Waals surface area contributed by atoms with Crippen LogP contribution in [0.15, 0.2) is 28.8 Å². The molecule has 1 aliphatic heterocycles. The highest BCUT2D eigenvalue weighted by molar-refractivity contribution is 5.95. The van der Waals surface area contributed by atoms with E-state index in [1.807, 2.05) is 0 Å². The van der Waals surface area contributed by atoms with Gasteiger partial charge in [-0.15, -0.1) is 0 Å². The molecule has 5 nitrogen and oxygen atoms in total. The van der Waals surface area contributed by atoms with Crippen molar-refractivity contribution in [2.45, 2.75) is 32.3 Å². The standard InChI is InChI=1S/C18H20FNO4/c19-14-3-1-2-13(8-14)9-17-15(10-21)18(20-24-17)16(22)5-4-12-6-7-23-11-12/h1-3,8,12,21H,4-7,9-11H2. The molecule has 0 spiro atoms. The van der Waals surface area contributed by atoms with Gasteiger partial charge < -0.3 is 14.4 Å². The van der Waals surface area contributed by atoms with Gasteiger partial charge in [-0.1, -0.05) is 17.3 Å². The SMILES string of the molecule is O=C(CCC1CCOC1)c1noc(Cc2cccc(F)c2)c1CO. The molecule has 0 radical (unpaired) electrons. The van der Waals surface area contributed by atoms with Gasteiger partial charge in [-0.2, -0.15) is 0 Å². The van der Waals surface area contributed by atoms with Crippen LogP contribution in [-0.4, -0.2) is 29.3 Å². The van der Waals surface area contributed by atoms with E-state index in [1.165, 1.54) is 12.1 Å². The minimum Gasteiger partial charge on any atom is -0.391 e. The molecule has 1 aliphatic rings. The van der Waals surface area contributed by atoms with Crippen molar-refractivity contribution in [1.29, 1.82) is 0 Å². The van der Waals surface area contributed by atoms with E-state index in [0.717, 1.165) is 19.4 Å². The predicted molar refractivity (Wildman–Crippen MR) is 84.1 cm³/mol. The molecule has 128 valence electrons. The van der Waals surface area contributed by atoms with Gasteiger partial charge in [0, 0.05) is 26.1 Å². The van der Waals surface area contributed by atoms with E-state index in [0.29, 0.717) is 35.8 Å². The molecule has 2 heterocycles. The van der Waals surface area contributed by atoms with Gasteiger partial charge in [0.1, 0.15) is 11.6 Å². The maximum atomic E-state index is 13.3. The zero-order chi connectivity index (χ0) is 16.9. The molecular weight excluding hydrogens is 313 g/mol. The normalized spacial score (nSPS) is 17.3. The minimum absolute atomic E-state index is 0.139. The lowest BCUT2D eigenvalue weighted by Crippen LogP contribution is -2.08. The van der Waals surface area contributed by atoms with Gasteiger partial charge in [0.25, 0.3) is 0 Å². The van der Waals surface area contributed by atoms with Gasteiger partial charge in [-0.3, -0.25) is 4.79 Å². The lowest BCUT2D eigenvalue weighted by Gasteiger charge is -2.05. The Labute approximate surface area is 139 Å². The van der Waals surface area contributed by atoms with Crippen molar-refractivity contribution < 1.29 is 23.6 Å². The number of aromatic nitrogens is 1. The largest absolute Gasteiger partial charge is 0.391 e. The molecule has 0 saturated carbocycles. The Morgan fingerprint density at radius 2 is 2.29 bits per heavy atom. The van der Waals surface area contributed by atoms with E-state index in [9.17, 15) is 14.3 Å². The molecule has 1 fully saturated rings. The van der Waals surface area contributed by atoms with Crippen LogP contribution < -0.4 is 0 Å². The van der Waals surface area contributed by atoms with Crippen molar-refractivity contribution in [2.24, 2.45) is 5.92 Å². The van der Waals surface area contributed by atoms with E-state index in [2.05, 4.69) is 5.16 Å². The average molecular weight is 333 g/mol. The highest BCUT2D eigenvalue weighted by atomic mass is 19.1. The maximum Gasteiger partial charge on any atom is 0.185 e. The molecule has 24 heavy (non-hydrogen) atoms. The van der Waals surface area contributed by atoms with Crippen LogP contribution in [0, 0.1) is 11.7 Å². The second-order valence-corrected chi connectivity index (χ2v) is 6.09. The first-order valence-electron chi connectivity index (χ1n) is 8.11. The lowest BCUT2D eigenvalue weighted by molar-refractivity contribution is 0.0960. The summed E-state index contributed by atoms with van der Waals surface area (Å²) in [6.45, 7) is 1.12. The van der Waals surface area contributed by atoms with Crippen LogP contribution >= 0.6 is 0 Å². The van der Waals surface area contributed by atoms with E-state index in [1.54, 1.807) is 12.1 Å². The molecule has 2 aromatic rings. The number of Topliss-reactive ketones (excluding diaryl/α,β-unsaturated/α-hetero) is 1. The number of aliphatic hydroxyl groups excluding tert-OH is 1. The van der Waals surface area contributed by atoms with Crippen LogP contribution in [0.4, 0.5) is 4.39 Å². The number of benzene rings is 1. The highest BCUT2D eigenvalue weighted by Crippen LogP contribution is 2.23. The van der Waals surface area contributed by atoms with Gasteiger partial charge in [0.2, 0.25) is 0 Å². The van der Waals surface area contributed by atoms with Gasteiger partial charge in [0.05, 0.1) is 12.2 Å². The van der Waals surface area contributed by atoms with Crippen LogP contribution in [0.1, 0.15) is 46.6 Å². The molecule has 1 saturated heterocycles. The number of rotatable bonds is 7. The van der Waals surface area contributed by atoms with Crippen LogP contribution in [0.5, 0.6) is 0 Å². The zero-order valence-electron chi connectivity index (χ0n) is 13.3. The molecule has 1 N–H and O–H groups in total. The van der Waals surface area contributed by atoms with E-state index in [-0.39, 0.29) is 30.3 Å². The molecule has 1 aromatic carbocycles. The Morgan fingerprint density at radius 1 is 1.42 bits per heavy atom. The zero-order valence-corrected chi connectivity index (χ0v) is 13.3. The van der Waals surface area contributed by atoms with Gasteiger partial charge in [-0.25, -0.2) is 4.39 Å². The van der Waals surface area contributed by atoms with Crippen molar-refractivity contribution in [3.05, 3.63) is 52.7 Å². The van der Waals surface area contributed by atoms with Crippen molar-refractivity contribution in [1.82, 2.24) is 5.16 Å². The van der Waals surface area contributed by atoms with E-state index < -0.39 is 0 Å². The van der Waals surface area contributed by atoms with Crippen LogP contribution in [0.2, 0.25) is 0 Å². The van der Waals surface area contributed by atoms with Crippen LogP contribution in [-0.2, 0) is 17.8 Å². The Hall–Kier alpha value is -2.05. The fourth-order valence-corrected chi connectivity index (χ4v) is 2.96. The topological polar surface area (TPSA) is 72.6 Å². The third-order valence-corrected chi connectivity index (χ3v) is 4.35. The van der Waals surface area contributed by atoms with Gasteiger partial charge >= 0.3 is 0 Å². The third-order valence-electron chi connectivity index (χ3n) is 4.35. The van der Waals surface area contributed by atoms with Gasteiger partial charge in [-0.05, 0) is 36.5 Å². The molecule has 0 bridgehead atoms. The summed E-state index contributed by atoms with van der Waals surface area (Å²) in [4.78, 5) is 12.4. The highest BCUT2D eigenvalue weighted by Gasteiger charge is 2.23. The molecule has 1 atom stereocenters. The monoisotopic (exact) mass is 333 g/mol. The summed E-state index contributed by atoms with van der Waals surface area (Å²) < 4.78 is 23.8. The molecular formula is C18H20FNO4. The number of hydrogen-bond donors (Lipinski definition) is 1. The first-order chi connectivity index (χ1) is 11.7. The summed E-state index contributed by atoms with van der Waals surface area (Å²) in [5.74, 6) is 0.327. The van der Waals surface area contributed by atoms with Crippen LogP contribution in [0.3, 0.4) is 0 Å². The maximum absolute atomic E-state index is 13.3. The molecule has 1 unspecified atom stereocenters. The Balaban J connectivity index is 1.70. The Bertz CT molecular complexity index is 707. The fourth-order valence-electron chi connectivity index (χ4n) is 2.96. The quantitative estimate of drug-likeness (QED) is 0.789. The first kappa shape index (κ1) is 16.8. The van der Waals surface area contributed by atoms with Crippen molar-refractivity contribution in [3.8, 4) is 0 Å². The number of hydrogen-bond acceptors (Lipinski definition) is 5. The second-order valence-electron chi connectivity index (χ2n) is 6.09. The summed E-state index contributed by atoms with van der Waals surface area (Å²) in [5, 5.41) is 13.4. The number of nitrogens with zero attached hydrogens (tertiary/aromatic N) is 1. The Morgan fingerprint density at radius 3 is 3.00 bits per heavy atom. The minimum atomic E-state index is -0.340. The van der Waals surface area contributed by atoms with Crippen molar-refractivity contribution >= 4 is 5.78 Å². The number of carbonyl (C=O) groups excluding carboxylic acids is 1. The van der Waals surface area contributed by atoms with Crippen molar-refractivity contribution in [3.63, 3.8) is 0 Å². The van der Waals surface area contributed by atoms with E-state index in [4.69, 9.17) is 9.26 Å². The fraction of sp³-hybridized carbons (Fsp3) is 0.444. The number of aliphatic hydroxyl groups is 1. The summed E-state index contributed by atoms with van der Waals surface area (Å²) >= 11 is 0. The third kappa shape index (κ3) is 3.88. The molecule has 3 rings (SSSR count). The molecule has 6 heteroatoms. The number of ether oxygens (including phenoxy) is 1. The number of ketones is 1. The number of halogens is 1. The second kappa shape index (κ2) is 7.68. The molecule has 1 aromatic heterocycles. The Kier molecular flexibility index (Phi) is 5.37. The smallest absolute Gasteiger partial charge is 0.185 e. The number of carbonyl (C=O) groups is 1. The van der Waals surface area contributed by atoms with E-state index >= 15 is 0 Å². The average Bonchev–Trinajstić information content (AvgIpc) is 3.22. The summed E-state index contributed by atoms with van der Waals surface area (Å²) in [6.07, 6.45) is 2.36. The van der Waals surface area contributed by atoms with Crippen molar-refractivity contribution in [2.75, 3.05) is 13.2 Å². The van der Waals surface area contributed by atoms with Crippen LogP contribution in [0.25, 0.3) is 0 Å². The molecule has 0 aliphatic carbocycles. The summed E-state index contributed by atoms with van der Waals surface area (Å²) in [5.41, 5.74) is 1.28. The first-order valence-corrected chi connectivity index (χ1v) is 8.11.